The lowest BCUT2D eigenvalue weighted by molar-refractivity contribution is -0.135. The summed E-state index contributed by atoms with van der Waals surface area (Å²) in [5, 5.41) is 25.8. The minimum atomic E-state index is -1.10. The van der Waals surface area contributed by atoms with Crippen molar-refractivity contribution in [3.8, 4) is 11.3 Å². The number of hydrogen-bond acceptors (Lipinski definition) is 6. The third kappa shape index (κ3) is 4.63. The van der Waals surface area contributed by atoms with Crippen LogP contribution in [-0.2, 0) is 24.2 Å². The Morgan fingerprint density at radius 3 is 2.68 bits per heavy atom. The van der Waals surface area contributed by atoms with Gasteiger partial charge in [0.05, 0.1) is 30.1 Å². The number of hydrogen-bond donors (Lipinski definition) is 2. The van der Waals surface area contributed by atoms with Gasteiger partial charge in [-0.1, -0.05) is 42.5 Å². The summed E-state index contributed by atoms with van der Waals surface area (Å²) in [4.78, 5) is 32.1. The van der Waals surface area contributed by atoms with Crippen molar-refractivity contribution < 1.29 is 15.0 Å². The molecule has 2 N–H and O–H groups in total. The van der Waals surface area contributed by atoms with Crippen LogP contribution in [0.1, 0.15) is 48.5 Å². The topological polar surface area (TPSA) is 113 Å². The van der Waals surface area contributed by atoms with Crippen LogP contribution in [0.25, 0.3) is 16.9 Å². The summed E-state index contributed by atoms with van der Waals surface area (Å²) in [6.07, 6.45) is 6.12. The first kappa shape index (κ1) is 24.5. The Bertz CT molecular complexity index is 1540. The van der Waals surface area contributed by atoms with Crippen LogP contribution in [0.15, 0.2) is 65.8 Å². The quantitative estimate of drug-likeness (QED) is 0.410. The van der Waals surface area contributed by atoms with Gasteiger partial charge >= 0.3 is 0 Å². The molecule has 1 amide bonds. The zero-order valence-corrected chi connectivity index (χ0v) is 21.2. The maximum atomic E-state index is 13.2. The number of carbonyl (C=O) groups excluding carboxylic acids is 1. The van der Waals surface area contributed by atoms with Gasteiger partial charge in [-0.3, -0.25) is 14.2 Å². The molecule has 2 aromatic heterocycles. The van der Waals surface area contributed by atoms with Crippen molar-refractivity contribution in [1.29, 1.82) is 0 Å². The molecule has 1 aliphatic carbocycles. The molecule has 3 heterocycles. The van der Waals surface area contributed by atoms with Gasteiger partial charge in [-0.05, 0) is 54.9 Å². The molecule has 0 radical (unpaired) electrons. The van der Waals surface area contributed by atoms with Gasteiger partial charge in [0.1, 0.15) is 6.33 Å². The number of likely N-dealkylation sites (tertiary alicyclic amines) is 1. The minimum Gasteiger partial charge on any atom is -0.388 e. The van der Waals surface area contributed by atoms with Crippen molar-refractivity contribution in [3.63, 3.8) is 0 Å². The molecule has 38 heavy (non-hydrogen) atoms. The van der Waals surface area contributed by atoms with Crippen LogP contribution in [0.5, 0.6) is 0 Å². The Morgan fingerprint density at radius 2 is 1.89 bits per heavy atom. The molecule has 1 unspecified atom stereocenters. The second-order valence-electron chi connectivity index (χ2n) is 10.5. The van der Waals surface area contributed by atoms with Crippen molar-refractivity contribution in [2.45, 2.75) is 56.8 Å². The largest absolute Gasteiger partial charge is 0.388 e. The average Bonchev–Trinajstić information content (AvgIpc) is 3.53. The maximum absolute atomic E-state index is 13.2. The summed E-state index contributed by atoms with van der Waals surface area (Å²) in [7, 11) is 0. The Hall–Kier alpha value is -3.82. The highest BCUT2D eigenvalue weighted by Gasteiger charge is 2.35. The number of aromatic nitrogens is 4. The molecular weight excluding hydrogens is 482 g/mol. The molecule has 196 valence electrons. The summed E-state index contributed by atoms with van der Waals surface area (Å²) in [6, 6.07) is 15.8. The second kappa shape index (κ2) is 9.81. The Morgan fingerprint density at radius 1 is 1.11 bits per heavy atom. The number of imidazole rings is 1. The standard InChI is InChI=1S/C29H31N5O4/c35-25-10-8-21-16-22(7-9-23(21)25)24-17-30-27-28(37)33(19-31-34(24)27)18-29(38)12-14-32(15-13-29)26(36)11-6-20-4-2-1-3-5-20/h1-5,7,9,16-17,19,25,35,38H,6,8,10-15,18H2. The lowest BCUT2D eigenvalue weighted by Crippen LogP contribution is -2.49. The zero-order valence-electron chi connectivity index (χ0n) is 21.2. The fourth-order valence-corrected chi connectivity index (χ4v) is 5.67. The fraction of sp³-hybridized carbons (Fsp3) is 0.379. The lowest BCUT2D eigenvalue weighted by atomic mass is 9.91. The molecule has 2 aromatic carbocycles. The number of nitrogens with zero attached hydrogens (tertiary/aromatic N) is 5. The number of aryl methyl sites for hydroxylation is 2. The SMILES string of the molecule is O=C(CCc1ccccc1)N1CCC(O)(Cn2cnn3c(-c4ccc5c(c4)CCC5O)cnc3c2=O)CC1. The highest BCUT2D eigenvalue weighted by molar-refractivity contribution is 5.76. The Balaban J connectivity index is 1.13. The van der Waals surface area contributed by atoms with Gasteiger partial charge in [-0.15, -0.1) is 0 Å². The van der Waals surface area contributed by atoms with Gasteiger partial charge < -0.3 is 15.1 Å². The number of fused-ring (bicyclic) bond motifs is 2. The van der Waals surface area contributed by atoms with Gasteiger partial charge in [0.15, 0.2) is 0 Å². The smallest absolute Gasteiger partial charge is 0.296 e. The predicted octanol–water partition coefficient (Wildman–Crippen LogP) is 2.52. The van der Waals surface area contributed by atoms with E-state index in [0.717, 1.165) is 35.1 Å². The van der Waals surface area contributed by atoms with Gasteiger partial charge in [-0.25, -0.2) is 9.50 Å². The van der Waals surface area contributed by atoms with E-state index in [1.165, 1.54) is 15.4 Å². The monoisotopic (exact) mass is 513 g/mol. The molecule has 0 saturated carbocycles. The molecule has 1 aliphatic heterocycles. The molecule has 9 nitrogen and oxygen atoms in total. The molecule has 2 aliphatic rings. The molecule has 1 atom stereocenters. The van der Waals surface area contributed by atoms with Crippen LogP contribution in [0.3, 0.4) is 0 Å². The van der Waals surface area contributed by atoms with E-state index in [9.17, 15) is 19.8 Å². The molecule has 4 aromatic rings. The number of piperidine rings is 1. The van der Waals surface area contributed by atoms with E-state index >= 15 is 0 Å². The van der Waals surface area contributed by atoms with Crippen molar-refractivity contribution >= 4 is 11.6 Å². The van der Waals surface area contributed by atoms with Crippen LogP contribution < -0.4 is 5.56 Å². The van der Waals surface area contributed by atoms with Crippen LogP contribution in [-0.4, -0.2) is 58.9 Å². The highest BCUT2D eigenvalue weighted by Crippen LogP contribution is 2.34. The minimum absolute atomic E-state index is 0.0853. The zero-order chi connectivity index (χ0) is 26.3. The number of amides is 1. The summed E-state index contributed by atoms with van der Waals surface area (Å²) < 4.78 is 2.95. The molecule has 6 rings (SSSR count). The van der Waals surface area contributed by atoms with E-state index in [2.05, 4.69) is 10.1 Å². The number of aliphatic hydroxyl groups excluding tert-OH is 1. The summed E-state index contributed by atoms with van der Waals surface area (Å²) >= 11 is 0. The van der Waals surface area contributed by atoms with Crippen LogP contribution in [0.2, 0.25) is 0 Å². The predicted molar refractivity (Wildman–Crippen MR) is 141 cm³/mol. The average molecular weight is 514 g/mol. The van der Waals surface area contributed by atoms with Crippen molar-refractivity contribution in [2.24, 2.45) is 0 Å². The number of rotatable bonds is 6. The van der Waals surface area contributed by atoms with E-state index in [-0.39, 0.29) is 23.7 Å². The number of benzene rings is 2. The number of aliphatic hydroxyl groups is 2. The first-order valence-electron chi connectivity index (χ1n) is 13.2. The third-order valence-corrected chi connectivity index (χ3v) is 7.96. The van der Waals surface area contributed by atoms with E-state index in [4.69, 9.17) is 0 Å². The van der Waals surface area contributed by atoms with Gasteiger partial charge in [0.25, 0.3) is 5.56 Å². The van der Waals surface area contributed by atoms with Crippen molar-refractivity contribution in [2.75, 3.05) is 13.1 Å². The van der Waals surface area contributed by atoms with E-state index < -0.39 is 11.7 Å². The first-order valence-corrected chi connectivity index (χ1v) is 13.2. The van der Waals surface area contributed by atoms with Gasteiger partial charge in [0.2, 0.25) is 11.6 Å². The maximum Gasteiger partial charge on any atom is 0.296 e. The molecule has 1 saturated heterocycles. The molecule has 1 fully saturated rings. The van der Waals surface area contributed by atoms with Crippen LogP contribution >= 0.6 is 0 Å². The van der Waals surface area contributed by atoms with Crippen molar-refractivity contribution in [3.05, 3.63) is 88.1 Å². The Kier molecular flexibility index (Phi) is 6.33. The second-order valence-corrected chi connectivity index (χ2v) is 10.5. The number of carbonyl (C=O) groups is 1. The van der Waals surface area contributed by atoms with Crippen LogP contribution in [0.4, 0.5) is 0 Å². The van der Waals surface area contributed by atoms with Crippen molar-refractivity contribution in [1.82, 2.24) is 24.1 Å². The lowest BCUT2D eigenvalue weighted by Gasteiger charge is -2.38. The normalized spacial score (nSPS) is 18.6. The van der Waals surface area contributed by atoms with E-state index in [1.54, 1.807) is 11.1 Å². The van der Waals surface area contributed by atoms with Crippen LogP contribution in [0, 0.1) is 0 Å². The molecule has 0 spiro atoms. The molecule has 9 heteroatoms. The van der Waals surface area contributed by atoms with Gasteiger partial charge in [-0.2, -0.15) is 5.10 Å². The Labute approximate surface area is 220 Å². The first-order chi connectivity index (χ1) is 18.4. The summed E-state index contributed by atoms with van der Waals surface area (Å²) in [5.41, 5.74) is 3.55. The highest BCUT2D eigenvalue weighted by atomic mass is 16.3. The van der Waals surface area contributed by atoms with E-state index in [1.807, 2.05) is 48.5 Å². The van der Waals surface area contributed by atoms with Gasteiger partial charge in [0, 0.05) is 25.1 Å². The summed E-state index contributed by atoms with van der Waals surface area (Å²) in [5.74, 6) is 0.0853. The fourth-order valence-electron chi connectivity index (χ4n) is 5.67. The molecule has 0 bridgehead atoms. The third-order valence-electron chi connectivity index (χ3n) is 7.96. The van der Waals surface area contributed by atoms with E-state index in [0.29, 0.717) is 44.5 Å². The molecular formula is C29H31N5O4. The summed E-state index contributed by atoms with van der Waals surface area (Å²) in [6.45, 7) is 1.00.